The molecule has 0 aliphatic rings. The molecule has 2 heterocycles. The standard InChI is InChI=1S/C15H14ClN3/c16-15-10-14(12-18-8-4-5-9-18)17-19(15)11-13-6-2-1-3-7-13/h1-10H,11-12H2. The number of halogens is 1. The number of rotatable bonds is 4. The zero-order valence-electron chi connectivity index (χ0n) is 10.4. The van der Waals surface area contributed by atoms with Gasteiger partial charge in [-0.3, -0.25) is 0 Å². The number of hydrogen-bond acceptors (Lipinski definition) is 1. The minimum atomic E-state index is 0.672. The zero-order chi connectivity index (χ0) is 13.1. The molecule has 0 aliphatic heterocycles. The molecule has 4 heteroatoms. The molecule has 0 aliphatic carbocycles. The molecule has 0 atom stereocenters. The summed E-state index contributed by atoms with van der Waals surface area (Å²) in [5, 5.41) is 5.22. The highest BCUT2D eigenvalue weighted by Crippen LogP contribution is 2.14. The predicted molar refractivity (Wildman–Crippen MR) is 76.3 cm³/mol. The number of benzene rings is 1. The van der Waals surface area contributed by atoms with E-state index in [2.05, 4.69) is 21.8 Å². The maximum Gasteiger partial charge on any atom is 0.127 e. The van der Waals surface area contributed by atoms with Gasteiger partial charge in [-0.05, 0) is 17.7 Å². The fourth-order valence-electron chi connectivity index (χ4n) is 2.05. The van der Waals surface area contributed by atoms with Crippen molar-refractivity contribution in [3.8, 4) is 0 Å². The van der Waals surface area contributed by atoms with Crippen molar-refractivity contribution in [3.63, 3.8) is 0 Å². The Morgan fingerprint density at radius 1 is 0.947 bits per heavy atom. The third-order valence-corrected chi connectivity index (χ3v) is 3.27. The molecular formula is C15H14ClN3. The smallest absolute Gasteiger partial charge is 0.127 e. The summed E-state index contributed by atoms with van der Waals surface area (Å²) < 4.78 is 3.90. The van der Waals surface area contributed by atoms with Crippen molar-refractivity contribution in [2.75, 3.05) is 0 Å². The molecule has 1 aromatic carbocycles. The monoisotopic (exact) mass is 271 g/mol. The average Bonchev–Trinajstić information content (AvgIpc) is 3.02. The van der Waals surface area contributed by atoms with E-state index in [1.54, 1.807) is 0 Å². The minimum absolute atomic E-state index is 0.672. The van der Waals surface area contributed by atoms with Crippen LogP contribution < -0.4 is 0 Å². The van der Waals surface area contributed by atoms with Crippen molar-refractivity contribution in [3.05, 3.63) is 77.3 Å². The van der Waals surface area contributed by atoms with E-state index in [0.717, 1.165) is 12.2 Å². The third kappa shape index (κ3) is 2.88. The minimum Gasteiger partial charge on any atom is -0.348 e. The lowest BCUT2D eigenvalue weighted by Gasteiger charge is -2.03. The lowest BCUT2D eigenvalue weighted by Crippen LogP contribution is -2.03. The molecule has 96 valence electrons. The molecule has 19 heavy (non-hydrogen) atoms. The molecule has 2 aromatic heterocycles. The summed E-state index contributed by atoms with van der Waals surface area (Å²) in [6, 6.07) is 16.1. The van der Waals surface area contributed by atoms with E-state index in [4.69, 9.17) is 11.6 Å². The van der Waals surface area contributed by atoms with Crippen molar-refractivity contribution in [1.82, 2.24) is 14.3 Å². The van der Waals surface area contributed by atoms with Gasteiger partial charge >= 0.3 is 0 Å². The van der Waals surface area contributed by atoms with Gasteiger partial charge in [-0.1, -0.05) is 41.9 Å². The SMILES string of the molecule is Clc1cc(Cn2cccc2)nn1Cc1ccccc1. The van der Waals surface area contributed by atoms with Crippen molar-refractivity contribution in [1.29, 1.82) is 0 Å². The fourth-order valence-corrected chi connectivity index (χ4v) is 2.27. The quantitative estimate of drug-likeness (QED) is 0.713. The molecule has 0 saturated heterocycles. The summed E-state index contributed by atoms with van der Waals surface area (Å²) in [4.78, 5) is 0. The number of hydrogen-bond donors (Lipinski definition) is 0. The van der Waals surface area contributed by atoms with E-state index in [1.807, 2.05) is 53.5 Å². The van der Waals surface area contributed by atoms with Gasteiger partial charge < -0.3 is 4.57 Å². The number of nitrogens with zero attached hydrogens (tertiary/aromatic N) is 3. The zero-order valence-corrected chi connectivity index (χ0v) is 11.2. The Hall–Kier alpha value is -2.00. The van der Waals surface area contributed by atoms with Crippen LogP contribution in [0.1, 0.15) is 11.3 Å². The Kier molecular flexibility index (Phi) is 3.38. The van der Waals surface area contributed by atoms with Gasteiger partial charge in [0.25, 0.3) is 0 Å². The molecule has 0 radical (unpaired) electrons. The summed E-state index contributed by atoms with van der Waals surface area (Å²) in [6.45, 7) is 1.44. The van der Waals surface area contributed by atoms with Crippen molar-refractivity contribution in [2.24, 2.45) is 0 Å². The van der Waals surface area contributed by atoms with Crippen LogP contribution in [0.3, 0.4) is 0 Å². The highest BCUT2D eigenvalue weighted by Gasteiger charge is 2.06. The normalized spacial score (nSPS) is 10.8. The molecule has 0 bridgehead atoms. The Balaban J connectivity index is 1.78. The summed E-state index contributed by atoms with van der Waals surface area (Å²) in [5.41, 5.74) is 2.16. The lowest BCUT2D eigenvalue weighted by molar-refractivity contribution is 0.658. The lowest BCUT2D eigenvalue weighted by atomic mass is 10.2. The largest absolute Gasteiger partial charge is 0.348 e. The average molecular weight is 272 g/mol. The van der Waals surface area contributed by atoms with E-state index in [-0.39, 0.29) is 0 Å². The Bertz CT molecular complexity index is 641. The molecule has 3 rings (SSSR count). The molecule has 0 spiro atoms. The van der Waals surface area contributed by atoms with Crippen molar-refractivity contribution < 1.29 is 0 Å². The topological polar surface area (TPSA) is 22.8 Å². The second-order valence-corrected chi connectivity index (χ2v) is 4.84. The van der Waals surface area contributed by atoms with Crippen molar-refractivity contribution >= 4 is 11.6 Å². The van der Waals surface area contributed by atoms with E-state index in [9.17, 15) is 0 Å². The van der Waals surface area contributed by atoms with Crippen LogP contribution >= 0.6 is 11.6 Å². The summed E-state index contributed by atoms with van der Waals surface area (Å²) in [5.74, 6) is 0. The second-order valence-electron chi connectivity index (χ2n) is 4.46. The summed E-state index contributed by atoms with van der Waals surface area (Å²) >= 11 is 6.23. The molecule has 0 amide bonds. The van der Waals surface area contributed by atoms with E-state index < -0.39 is 0 Å². The van der Waals surface area contributed by atoms with Gasteiger partial charge in [-0.15, -0.1) is 0 Å². The van der Waals surface area contributed by atoms with Gasteiger partial charge in [0, 0.05) is 18.5 Å². The van der Waals surface area contributed by atoms with E-state index in [0.29, 0.717) is 11.7 Å². The first-order valence-corrected chi connectivity index (χ1v) is 6.56. The third-order valence-electron chi connectivity index (χ3n) is 2.97. The van der Waals surface area contributed by atoms with Crippen LogP contribution in [0, 0.1) is 0 Å². The van der Waals surface area contributed by atoms with Gasteiger partial charge in [0.2, 0.25) is 0 Å². The van der Waals surface area contributed by atoms with Crippen LogP contribution in [0.5, 0.6) is 0 Å². The number of aromatic nitrogens is 3. The molecule has 0 fully saturated rings. The first-order valence-electron chi connectivity index (χ1n) is 6.18. The van der Waals surface area contributed by atoms with Crippen molar-refractivity contribution in [2.45, 2.75) is 13.1 Å². The van der Waals surface area contributed by atoms with E-state index >= 15 is 0 Å². The molecule has 0 saturated carbocycles. The van der Waals surface area contributed by atoms with Gasteiger partial charge in [-0.25, -0.2) is 4.68 Å². The Morgan fingerprint density at radius 3 is 2.42 bits per heavy atom. The van der Waals surface area contributed by atoms with Crippen LogP contribution in [0.4, 0.5) is 0 Å². The van der Waals surface area contributed by atoms with Gasteiger partial charge in [0.1, 0.15) is 5.15 Å². The molecule has 3 aromatic rings. The maximum absolute atomic E-state index is 6.23. The van der Waals surface area contributed by atoms with Crippen LogP contribution in [0.2, 0.25) is 5.15 Å². The van der Waals surface area contributed by atoms with E-state index in [1.165, 1.54) is 5.56 Å². The first kappa shape index (κ1) is 12.1. The molecule has 0 N–H and O–H groups in total. The van der Waals surface area contributed by atoms with Crippen LogP contribution in [-0.2, 0) is 13.1 Å². The van der Waals surface area contributed by atoms with Crippen LogP contribution in [0.15, 0.2) is 60.9 Å². The van der Waals surface area contributed by atoms with Crippen LogP contribution in [0.25, 0.3) is 0 Å². The molecular weight excluding hydrogens is 258 g/mol. The van der Waals surface area contributed by atoms with Gasteiger partial charge in [-0.2, -0.15) is 5.10 Å². The summed E-state index contributed by atoms with van der Waals surface area (Å²) in [7, 11) is 0. The summed E-state index contributed by atoms with van der Waals surface area (Å²) in [6.07, 6.45) is 4.04. The predicted octanol–water partition coefficient (Wildman–Crippen LogP) is 3.43. The second kappa shape index (κ2) is 5.33. The fraction of sp³-hybridized carbons (Fsp3) is 0.133. The Morgan fingerprint density at radius 2 is 1.68 bits per heavy atom. The Labute approximate surface area is 117 Å². The maximum atomic E-state index is 6.23. The molecule has 3 nitrogen and oxygen atoms in total. The van der Waals surface area contributed by atoms with Gasteiger partial charge in [0.15, 0.2) is 0 Å². The first-order chi connectivity index (χ1) is 9.31. The van der Waals surface area contributed by atoms with Crippen LogP contribution in [-0.4, -0.2) is 14.3 Å². The molecule has 0 unspecified atom stereocenters. The van der Waals surface area contributed by atoms with Gasteiger partial charge in [0.05, 0.1) is 18.8 Å². The highest BCUT2D eigenvalue weighted by atomic mass is 35.5. The highest BCUT2D eigenvalue weighted by molar-refractivity contribution is 6.29.